The molecule has 0 unspecified atom stereocenters. The van der Waals surface area contributed by atoms with Crippen LogP contribution in [0.15, 0.2) is 24.3 Å². The largest absolute Gasteiger partial charge is 0.478 e. The Kier molecular flexibility index (Phi) is 7.06. The summed E-state index contributed by atoms with van der Waals surface area (Å²) < 4.78 is 23.5. The van der Waals surface area contributed by atoms with Crippen LogP contribution in [0, 0.1) is 5.82 Å². The Bertz CT molecular complexity index is 530. The number of benzene rings is 1. The highest BCUT2D eigenvalue weighted by molar-refractivity contribution is 5.92. The van der Waals surface area contributed by atoms with Crippen LogP contribution in [0.5, 0.6) is 0 Å². The Labute approximate surface area is 121 Å². The van der Waals surface area contributed by atoms with Crippen molar-refractivity contribution in [2.75, 3.05) is 32.2 Å². The Morgan fingerprint density at radius 2 is 2.14 bits per heavy atom. The first-order valence-corrected chi connectivity index (χ1v) is 6.10. The third-order valence-electron chi connectivity index (χ3n) is 2.35. The molecule has 21 heavy (non-hydrogen) atoms. The number of ether oxygens (including phenoxy) is 2. The van der Waals surface area contributed by atoms with Crippen molar-refractivity contribution in [3.63, 3.8) is 0 Å². The maximum atomic E-state index is 13.7. The van der Waals surface area contributed by atoms with Crippen molar-refractivity contribution < 1.29 is 28.6 Å². The minimum absolute atomic E-state index is 0.00261. The Hall–Kier alpha value is -2.25. The summed E-state index contributed by atoms with van der Waals surface area (Å²) in [5, 5.41) is 10.8. The summed E-state index contributed by atoms with van der Waals surface area (Å²) in [6.45, 7) is 0.432. The normalized spacial score (nSPS) is 10.8. The number of carbonyl (C=O) groups is 2. The number of amides is 1. The highest BCUT2D eigenvalue weighted by Crippen LogP contribution is 2.16. The first kappa shape index (κ1) is 16.8. The maximum Gasteiger partial charge on any atom is 0.328 e. The Balaban J connectivity index is 2.56. The molecule has 0 aliphatic rings. The van der Waals surface area contributed by atoms with E-state index in [9.17, 15) is 14.0 Å². The van der Waals surface area contributed by atoms with Crippen LogP contribution in [0.25, 0.3) is 6.08 Å². The zero-order valence-electron chi connectivity index (χ0n) is 11.5. The molecule has 0 aliphatic carbocycles. The molecule has 1 aromatic carbocycles. The quantitative estimate of drug-likeness (QED) is 0.561. The Morgan fingerprint density at radius 1 is 1.38 bits per heavy atom. The van der Waals surface area contributed by atoms with E-state index in [1.807, 2.05) is 0 Å². The summed E-state index contributed by atoms with van der Waals surface area (Å²) in [4.78, 5) is 21.8. The summed E-state index contributed by atoms with van der Waals surface area (Å²) in [5.74, 6) is -2.27. The minimum Gasteiger partial charge on any atom is -0.478 e. The van der Waals surface area contributed by atoms with Crippen LogP contribution < -0.4 is 5.32 Å². The number of carboxylic acid groups (broad SMARTS) is 1. The first-order valence-electron chi connectivity index (χ1n) is 6.10. The fourth-order valence-electron chi connectivity index (χ4n) is 1.40. The van der Waals surface area contributed by atoms with E-state index in [0.29, 0.717) is 12.2 Å². The van der Waals surface area contributed by atoms with Crippen molar-refractivity contribution in [3.05, 3.63) is 35.7 Å². The number of carboxylic acids is 1. The van der Waals surface area contributed by atoms with Crippen LogP contribution in [-0.2, 0) is 19.1 Å². The molecule has 0 heterocycles. The second-order valence-corrected chi connectivity index (χ2v) is 4.00. The average Bonchev–Trinajstić information content (AvgIpc) is 2.44. The van der Waals surface area contributed by atoms with E-state index >= 15 is 0 Å². The lowest BCUT2D eigenvalue weighted by molar-refractivity contribution is -0.131. The number of rotatable bonds is 8. The van der Waals surface area contributed by atoms with Crippen molar-refractivity contribution in [1.29, 1.82) is 0 Å². The predicted octanol–water partition coefficient (Wildman–Crippen LogP) is 1.52. The van der Waals surface area contributed by atoms with Gasteiger partial charge >= 0.3 is 5.97 Å². The number of hydrogen-bond acceptors (Lipinski definition) is 4. The second kappa shape index (κ2) is 8.83. The zero-order chi connectivity index (χ0) is 15.7. The van der Waals surface area contributed by atoms with E-state index in [-0.39, 0.29) is 18.9 Å². The molecular formula is C14H16FNO5. The summed E-state index contributed by atoms with van der Waals surface area (Å²) in [6, 6.07) is 3.97. The average molecular weight is 297 g/mol. The number of carbonyl (C=O) groups excluding carboxylic acids is 1. The van der Waals surface area contributed by atoms with Crippen LogP contribution in [0.3, 0.4) is 0 Å². The van der Waals surface area contributed by atoms with Gasteiger partial charge in [0.25, 0.3) is 0 Å². The van der Waals surface area contributed by atoms with Gasteiger partial charge < -0.3 is 19.9 Å². The lowest BCUT2D eigenvalue weighted by Crippen LogP contribution is -2.20. The predicted molar refractivity (Wildman–Crippen MR) is 74.4 cm³/mol. The first-order chi connectivity index (χ1) is 10.0. The molecule has 2 N–H and O–H groups in total. The van der Waals surface area contributed by atoms with E-state index in [1.165, 1.54) is 25.3 Å². The van der Waals surface area contributed by atoms with Gasteiger partial charge in [-0.3, -0.25) is 4.79 Å². The van der Waals surface area contributed by atoms with Crippen molar-refractivity contribution in [3.8, 4) is 0 Å². The zero-order valence-corrected chi connectivity index (χ0v) is 11.5. The molecule has 7 heteroatoms. The standard InChI is InChI=1S/C14H16FNO5/c1-20-6-7-21-9-13(17)16-12-4-2-10(8-11(12)15)3-5-14(18)19/h2-5,8H,6-7,9H2,1H3,(H,16,17)(H,18,19)/b5-3+. The molecule has 0 radical (unpaired) electrons. The van der Waals surface area contributed by atoms with Gasteiger partial charge in [-0.15, -0.1) is 0 Å². The van der Waals surface area contributed by atoms with Crippen LogP contribution >= 0.6 is 0 Å². The lowest BCUT2D eigenvalue weighted by atomic mass is 10.2. The minimum atomic E-state index is -1.12. The van der Waals surface area contributed by atoms with Crippen molar-refractivity contribution in [2.45, 2.75) is 0 Å². The molecule has 0 atom stereocenters. The molecule has 1 rings (SSSR count). The van der Waals surface area contributed by atoms with Crippen molar-refractivity contribution in [1.82, 2.24) is 0 Å². The molecule has 0 bridgehead atoms. The molecule has 1 amide bonds. The number of aliphatic carboxylic acids is 1. The monoisotopic (exact) mass is 297 g/mol. The molecule has 0 spiro atoms. The summed E-state index contributed by atoms with van der Waals surface area (Å²) in [7, 11) is 1.51. The maximum absolute atomic E-state index is 13.7. The fraction of sp³-hybridized carbons (Fsp3) is 0.286. The van der Waals surface area contributed by atoms with Crippen LogP contribution in [0.2, 0.25) is 0 Å². The summed E-state index contributed by atoms with van der Waals surface area (Å²) in [5.41, 5.74) is 0.382. The summed E-state index contributed by atoms with van der Waals surface area (Å²) in [6.07, 6.45) is 2.15. The third kappa shape index (κ3) is 6.64. The number of nitrogens with one attached hydrogen (secondary N) is 1. The SMILES string of the molecule is COCCOCC(=O)Nc1ccc(/C=C/C(=O)O)cc1F. The van der Waals surface area contributed by atoms with Gasteiger partial charge in [0.15, 0.2) is 0 Å². The lowest BCUT2D eigenvalue weighted by Gasteiger charge is -2.07. The van der Waals surface area contributed by atoms with Gasteiger partial charge in [0.1, 0.15) is 12.4 Å². The summed E-state index contributed by atoms with van der Waals surface area (Å²) >= 11 is 0. The third-order valence-corrected chi connectivity index (χ3v) is 2.35. The molecule has 0 aliphatic heterocycles. The van der Waals surface area contributed by atoms with Gasteiger partial charge in [-0.2, -0.15) is 0 Å². The van der Waals surface area contributed by atoms with E-state index in [2.05, 4.69) is 5.32 Å². The second-order valence-electron chi connectivity index (χ2n) is 4.00. The van der Waals surface area contributed by atoms with Gasteiger partial charge in [-0.1, -0.05) is 6.07 Å². The highest BCUT2D eigenvalue weighted by Gasteiger charge is 2.07. The molecular weight excluding hydrogens is 281 g/mol. The number of hydrogen-bond donors (Lipinski definition) is 2. The van der Waals surface area contributed by atoms with Gasteiger partial charge in [0.2, 0.25) is 5.91 Å². The van der Waals surface area contributed by atoms with Gasteiger partial charge in [-0.25, -0.2) is 9.18 Å². The topological polar surface area (TPSA) is 84.9 Å². The molecule has 0 fully saturated rings. The number of anilines is 1. The van der Waals surface area contributed by atoms with E-state index in [1.54, 1.807) is 0 Å². The fourth-order valence-corrected chi connectivity index (χ4v) is 1.40. The van der Waals surface area contributed by atoms with Crippen LogP contribution in [-0.4, -0.2) is 43.9 Å². The van der Waals surface area contributed by atoms with Crippen LogP contribution in [0.1, 0.15) is 5.56 Å². The number of methoxy groups -OCH3 is 1. The molecule has 1 aromatic rings. The van der Waals surface area contributed by atoms with Crippen molar-refractivity contribution in [2.24, 2.45) is 0 Å². The number of halogens is 1. The molecule has 0 saturated heterocycles. The molecule has 0 aromatic heterocycles. The van der Waals surface area contributed by atoms with Crippen LogP contribution in [0.4, 0.5) is 10.1 Å². The van der Waals surface area contributed by atoms with Gasteiger partial charge in [0, 0.05) is 13.2 Å². The Morgan fingerprint density at radius 3 is 2.76 bits per heavy atom. The van der Waals surface area contributed by atoms with E-state index in [4.69, 9.17) is 14.6 Å². The molecule has 6 nitrogen and oxygen atoms in total. The van der Waals surface area contributed by atoms with E-state index < -0.39 is 17.7 Å². The smallest absolute Gasteiger partial charge is 0.328 e. The molecule has 114 valence electrons. The van der Waals surface area contributed by atoms with E-state index in [0.717, 1.165) is 12.1 Å². The van der Waals surface area contributed by atoms with Gasteiger partial charge in [-0.05, 0) is 23.8 Å². The molecule has 0 saturated carbocycles. The van der Waals surface area contributed by atoms with Crippen molar-refractivity contribution >= 4 is 23.6 Å². The van der Waals surface area contributed by atoms with Gasteiger partial charge in [0.05, 0.1) is 18.9 Å². The highest BCUT2D eigenvalue weighted by atomic mass is 19.1.